The van der Waals surface area contributed by atoms with Gasteiger partial charge in [0.2, 0.25) is 5.91 Å². The number of halogens is 1. The number of hydrogen-bond donors (Lipinski definition) is 2. The smallest absolute Gasteiger partial charge is 0.261 e. The Hall–Kier alpha value is -1.66. The van der Waals surface area contributed by atoms with E-state index in [1.165, 1.54) is 11.3 Å². The molecule has 0 aliphatic carbocycles. The molecule has 0 radical (unpaired) electrons. The minimum Gasteiger partial charge on any atom is -0.342 e. The van der Waals surface area contributed by atoms with Gasteiger partial charge < -0.3 is 10.6 Å². The molecule has 2 amide bonds. The van der Waals surface area contributed by atoms with Crippen LogP contribution in [0.2, 0.25) is 0 Å². The largest absolute Gasteiger partial charge is 0.342 e. The molecule has 2 N–H and O–H groups in total. The van der Waals surface area contributed by atoms with Crippen molar-refractivity contribution in [2.45, 2.75) is 6.92 Å². The van der Waals surface area contributed by atoms with Crippen LogP contribution < -0.4 is 10.6 Å². The first kappa shape index (κ1) is 14.7. The lowest BCUT2D eigenvalue weighted by molar-refractivity contribution is -0.115. The lowest BCUT2D eigenvalue weighted by Crippen LogP contribution is -2.32. The molecule has 1 aromatic heterocycles. The molecule has 0 aliphatic heterocycles. The molecule has 0 fully saturated rings. The number of thiophene rings is 1. The lowest BCUT2D eigenvalue weighted by atomic mass is 10.2. The molecule has 6 heteroatoms. The van der Waals surface area contributed by atoms with Crippen molar-refractivity contribution in [1.29, 1.82) is 0 Å². The summed E-state index contributed by atoms with van der Waals surface area (Å²) in [4.78, 5) is 24.1. The van der Waals surface area contributed by atoms with Crippen molar-refractivity contribution >= 4 is 44.8 Å². The van der Waals surface area contributed by atoms with Crippen LogP contribution in [0.5, 0.6) is 0 Å². The molecule has 1 aromatic carbocycles. The standard InChI is InChI=1S/C14H13BrN2O2S/c1-9-4-5-11(10(15)7-9)17-13(18)8-16-14(19)12-3-2-6-20-12/h2-7H,8H2,1H3,(H,16,19)(H,17,18). The van der Waals surface area contributed by atoms with Crippen LogP contribution in [0.3, 0.4) is 0 Å². The third kappa shape index (κ3) is 3.91. The second-order valence-corrected chi connectivity index (χ2v) is 5.99. The second kappa shape index (κ2) is 6.67. The third-order valence-electron chi connectivity index (χ3n) is 2.55. The molecule has 104 valence electrons. The van der Waals surface area contributed by atoms with E-state index in [0.717, 1.165) is 10.0 Å². The first-order chi connectivity index (χ1) is 9.56. The van der Waals surface area contributed by atoms with Crippen molar-refractivity contribution in [3.05, 3.63) is 50.6 Å². The summed E-state index contributed by atoms with van der Waals surface area (Å²) in [5, 5.41) is 7.14. The number of rotatable bonds is 4. The molecule has 2 rings (SSSR count). The first-order valence-electron chi connectivity index (χ1n) is 5.94. The van der Waals surface area contributed by atoms with Crippen LogP contribution in [0.15, 0.2) is 40.2 Å². The average Bonchev–Trinajstić information content (AvgIpc) is 2.93. The van der Waals surface area contributed by atoms with E-state index >= 15 is 0 Å². The maximum absolute atomic E-state index is 11.8. The normalized spacial score (nSPS) is 10.1. The molecule has 0 unspecified atom stereocenters. The van der Waals surface area contributed by atoms with Crippen molar-refractivity contribution < 1.29 is 9.59 Å². The molecule has 0 saturated carbocycles. The Morgan fingerprint density at radius 3 is 2.75 bits per heavy atom. The summed E-state index contributed by atoms with van der Waals surface area (Å²) in [5.74, 6) is -0.502. The molecule has 1 heterocycles. The SMILES string of the molecule is Cc1ccc(NC(=O)CNC(=O)c2cccs2)c(Br)c1. The molecule has 0 spiro atoms. The van der Waals surface area contributed by atoms with Gasteiger partial charge in [-0.3, -0.25) is 9.59 Å². The summed E-state index contributed by atoms with van der Waals surface area (Å²) in [6.07, 6.45) is 0. The quantitative estimate of drug-likeness (QED) is 0.887. The van der Waals surface area contributed by atoms with E-state index in [1.807, 2.05) is 30.5 Å². The zero-order chi connectivity index (χ0) is 14.5. The molecular weight excluding hydrogens is 340 g/mol. The Kier molecular flexibility index (Phi) is 4.92. The number of carbonyl (C=O) groups is 2. The van der Waals surface area contributed by atoms with Crippen molar-refractivity contribution in [3.63, 3.8) is 0 Å². The Labute approximate surface area is 129 Å². The zero-order valence-corrected chi connectivity index (χ0v) is 13.2. The monoisotopic (exact) mass is 352 g/mol. The number of benzene rings is 1. The van der Waals surface area contributed by atoms with E-state index in [2.05, 4.69) is 26.6 Å². The molecule has 4 nitrogen and oxygen atoms in total. The maximum Gasteiger partial charge on any atom is 0.261 e. The number of nitrogens with one attached hydrogen (secondary N) is 2. The van der Waals surface area contributed by atoms with Gasteiger partial charge in [-0.05, 0) is 52.0 Å². The number of anilines is 1. The molecule has 0 bridgehead atoms. The van der Waals surface area contributed by atoms with Crippen LogP contribution >= 0.6 is 27.3 Å². The first-order valence-corrected chi connectivity index (χ1v) is 7.61. The Bertz CT molecular complexity index is 626. The number of hydrogen-bond acceptors (Lipinski definition) is 3. The van der Waals surface area contributed by atoms with Crippen molar-refractivity contribution in [1.82, 2.24) is 5.32 Å². The van der Waals surface area contributed by atoms with Crippen molar-refractivity contribution in [3.8, 4) is 0 Å². The molecular formula is C14H13BrN2O2S. The van der Waals surface area contributed by atoms with E-state index in [4.69, 9.17) is 0 Å². The Balaban J connectivity index is 1.88. The predicted molar refractivity (Wildman–Crippen MR) is 84.2 cm³/mol. The fourth-order valence-electron chi connectivity index (χ4n) is 1.57. The fourth-order valence-corrected chi connectivity index (χ4v) is 2.80. The molecule has 0 atom stereocenters. The average molecular weight is 353 g/mol. The minimum atomic E-state index is -0.264. The highest BCUT2D eigenvalue weighted by atomic mass is 79.9. The van der Waals surface area contributed by atoms with Crippen LogP contribution in [-0.2, 0) is 4.79 Å². The Morgan fingerprint density at radius 2 is 2.10 bits per heavy atom. The molecule has 2 aromatic rings. The van der Waals surface area contributed by atoms with Crippen LogP contribution in [0.1, 0.15) is 15.2 Å². The topological polar surface area (TPSA) is 58.2 Å². The summed E-state index contributed by atoms with van der Waals surface area (Å²) < 4.78 is 0.815. The van der Waals surface area contributed by atoms with E-state index in [1.54, 1.807) is 12.1 Å². The highest BCUT2D eigenvalue weighted by molar-refractivity contribution is 9.10. The van der Waals surface area contributed by atoms with Gasteiger partial charge in [-0.25, -0.2) is 0 Å². The zero-order valence-electron chi connectivity index (χ0n) is 10.8. The summed E-state index contributed by atoms with van der Waals surface area (Å²) in [6, 6.07) is 9.15. The summed E-state index contributed by atoms with van der Waals surface area (Å²) in [5.41, 5.74) is 1.78. The molecule has 20 heavy (non-hydrogen) atoms. The molecule has 0 saturated heterocycles. The second-order valence-electron chi connectivity index (χ2n) is 4.19. The van der Waals surface area contributed by atoms with Crippen molar-refractivity contribution in [2.75, 3.05) is 11.9 Å². The number of carbonyl (C=O) groups excluding carboxylic acids is 2. The lowest BCUT2D eigenvalue weighted by Gasteiger charge is -2.08. The van der Waals surface area contributed by atoms with Crippen LogP contribution in [0.25, 0.3) is 0 Å². The Morgan fingerprint density at radius 1 is 1.30 bits per heavy atom. The minimum absolute atomic E-state index is 0.0585. The van der Waals surface area contributed by atoms with Crippen LogP contribution in [-0.4, -0.2) is 18.4 Å². The fraction of sp³-hybridized carbons (Fsp3) is 0.143. The summed E-state index contributed by atoms with van der Waals surface area (Å²) >= 11 is 4.73. The number of amides is 2. The van der Waals surface area contributed by atoms with E-state index in [9.17, 15) is 9.59 Å². The van der Waals surface area contributed by atoms with E-state index in [0.29, 0.717) is 10.6 Å². The van der Waals surface area contributed by atoms with Gasteiger partial charge in [-0.15, -0.1) is 11.3 Å². The van der Waals surface area contributed by atoms with Gasteiger partial charge in [-0.1, -0.05) is 12.1 Å². The number of aryl methyl sites for hydroxylation is 1. The van der Waals surface area contributed by atoms with E-state index in [-0.39, 0.29) is 18.4 Å². The van der Waals surface area contributed by atoms with E-state index < -0.39 is 0 Å². The highest BCUT2D eigenvalue weighted by Crippen LogP contribution is 2.23. The van der Waals surface area contributed by atoms with Crippen LogP contribution in [0.4, 0.5) is 5.69 Å². The predicted octanol–water partition coefficient (Wildman–Crippen LogP) is 3.19. The van der Waals surface area contributed by atoms with Gasteiger partial charge >= 0.3 is 0 Å². The van der Waals surface area contributed by atoms with Crippen molar-refractivity contribution in [2.24, 2.45) is 0 Å². The molecule has 0 aliphatic rings. The van der Waals surface area contributed by atoms with Gasteiger partial charge in [0, 0.05) is 4.47 Å². The van der Waals surface area contributed by atoms with Gasteiger partial charge in [0.25, 0.3) is 5.91 Å². The summed E-state index contributed by atoms with van der Waals surface area (Å²) in [7, 11) is 0. The van der Waals surface area contributed by atoms with Gasteiger partial charge in [-0.2, -0.15) is 0 Å². The van der Waals surface area contributed by atoms with Gasteiger partial charge in [0.15, 0.2) is 0 Å². The highest BCUT2D eigenvalue weighted by Gasteiger charge is 2.10. The van der Waals surface area contributed by atoms with Gasteiger partial charge in [0.1, 0.15) is 0 Å². The summed E-state index contributed by atoms with van der Waals surface area (Å²) in [6.45, 7) is 1.91. The maximum atomic E-state index is 11.8. The third-order valence-corrected chi connectivity index (χ3v) is 4.08. The van der Waals surface area contributed by atoms with Crippen LogP contribution in [0, 0.1) is 6.92 Å². The van der Waals surface area contributed by atoms with Gasteiger partial charge in [0.05, 0.1) is 17.1 Å².